The number of benzene rings is 1. The zero-order valence-corrected chi connectivity index (χ0v) is 12.1. The molecule has 0 aliphatic carbocycles. The van der Waals surface area contributed by atoms with Crippen molar-refractivity contribution in [2.45, 2.75) is 32.2 Å². The fourth-order valence-corrected chi connectivity index (χ4v) is 2.77. The van der Waals surface area contributed by atoms with Gasteiger partial charge < -0.3 is 5.11 Å². The molecule has 2 rings (SSSR count). The van der Waals surface area contributed by atoms with Gasteiger partial charge in [-0.3, -0.25) is 9.69 Å². The van der Waals surface area contributed by atoms with E-state index in [1.165, 1.54) is 6.42 Å². The standard InChI is InChI=1S/C14H18BrNO2/c1-10-9-11(5-6-12(10)15)13(14(17)18)16-7-3-2-4-8-16/h5-6,9,13H,2-4,7-8H2,1H3,(H,17,18). The molecule has 0 spiro atoms. The Morgan fingerprint density at radius 1 is 1.33 bits per heavy atom. The van der Waals surface area contributed by atoms with Crippen molar-refractivity contribution in [2.75, 3.05) is 13.1 Å². The van der Waals surface area contributed by atoms with Crippen LogP contribution in [-0.2, 0) is 4.79 Å². The molecular formula is C14H18BrNO2. The van der Waals surface area contributed by atoms with E-state index in [2.05, 4.69) is 20.8 Å². The molecule has 1 fully saturated rings. The van der Waals surface area contributed by atoms with Gasteiger partial charge in [0.05, 0.1) is 0 Å². The normalized spacial score (nSPS) is 18.6. The maximum atomic E-state index is 11.5. The van der Waals surface area contributed by atoms with Crippen molar-refractivity contribution in [2.24, 2.45) is 0 Å². The van der Waals surface area contributed by atoms with Gasteiger partial charge in [0, 0.05) is 4.47 Å². The lowest BCUT2D eigenvalue weighted by molar-refractivity contribution is -0.144. The van der Waals surface area contributed by atoms with Crippen LogP contribution < -0.4 is 0 Å². The highest BCUT2D eigenvalue weighted by molar-refractivity contribution is 9.10. The van der Waals surface area contributed by atoms with Crippen LogP contribution in [0.2, 0.25) is 0 Å². The average Bonchev–Trinajstić information content (AvgIpc) is 2.35. The molecule has 3 nitrogen and oxygen atoms in total. The number of rotatable bonds is 3. The second-order valence-corrected chi connectivity index (χ2v) is 5.70. The summed E-state index contributed by atoms with van der Waals surface area (Å²) in [7, 11) is 0. The van der Waals surface area contributed by atoms with Crippen molar-refractivity contribution in [3.05, 3.63) is 33.8 Å². The SMILES string of the molecule is Cc1cc(C(C(=O)O)N2CCCCC2)ccc1Br. The van der Waals surface area contributed by atoms with E-state index in [4.69, 9.17) is 0 Å². The molecule has 1 heterocycles. The van der Waals surface area contributed by atoms with Crippen molar-refractivity contribution < 1.29 is 9.90 Å². The van der Waals surface area contributed by atoms with Crippen LogP contribution in [0.5, 0.6) is 0 Å². The molecule has 0 radical (unpaired) electrons. The molecule has 1 saturated heterocycles. The van der Waals surface area contributed by atoms with Gasteiger partial charge in [-0.25, -0.2) is 0 Å². The first-order valence-corrected chi connectivity index (χ1v) is 7.12. The number of carboxylic acids is 1. The van der Waals surface area contributed by atoms with Crippen LogP contribution in [0.3, 0.4) is 0 Å². The molecule has 1 aliphatic rings. The highest BCUT2D eigenvalue weighted by Crippen LogP contribution is 2.27. The monoisotopic (exact) mass is 311 g/mol. The number of aryl methyl sites for hydroxylation is 1. The van der Waals surface area contributed by atoms with E-state index in [1.54, 1.807) is 0 Å². The van der Waals surface area contributed by atoms with Crippen molar-refractivity contribution in [1.29, 1.82) is 0 Å². The molecule has 0 aromatic heterocycles. The van der Waals surface area contributed by atoms with Gasteiger partial charge in [0.1, 0.15) is 6.04 Å². The first-order valence-electron chi connectivity index (χ1n) is 6.32. The van der Waals surface area contributed by atoms with Crippen LogP contribution in [0.15, 0.2) is 22.7 Å². The largest absolute Gasteiger partial charge is 0.480 e. The molecule has 18 heavy (non-hydrogen) atoms. The van der Waals surface area contributed by atoms with E-state index >= 15 is 0 Å². The Bertz CT molecular complexity index is 441. The Labute approximate surface area is 116 Å². The average molecular weight is 312 g/mol. The third kappa shape index (κ3) is 2.93. The summed E-state index contributed by atoms with van der Waals surface area (Å²) in [6.07, 6.45) is 3.40. The molecule has 0 bridgehead atoms. The van der Waals surface area contributed by atoms with Gasteiger partial charge in [-0.2, -0.15) is 0 Å². The van der Waals surface area contributed by atoms with Gasteiger partial charge in [0.15, 0.2) is 0 Å². The van der Waals surface area contributed by atoms with Crippen molar-refractivity contribution in [3.63, 3.8) is 0 Å². The van der Waals surface area contributed by atoms with Crippen LogP contribution in [-0.4, -0.2) is 29.1 Å². The predicted octanol–water partition coefficient (Wildman–Crippen LogP) is 3.37. The predicted molar refractivity (Wildman–Crippen MR) is 74.7 cm³/mol. The summed E-state index contributed by atoms with van der Waals surface area (Å²) in [5.74, 6) is -0.751. The Morgan fingerprint density at radius 2 is 2.00 bits per heavy atom. The summed E-state index contributed by atoms with van der Waals surface area (Å²) >= 11 is 3.45. The Balaban J connectivity index is 2.28. The van der Waals surface area contributed by atoms with E-state index in [1.807, 2.05) is 25.1 Å². The van der Waals surface area contributed by atoms with E-state index < -0.39 is 12.0 Å². The quantitative estimate of drug-likeness (QED) is 0.930. The fourth-order valence-electron chi connectivity index (χ4n) is 2.52. The maximum Gasteiger partial charge on any atom is 0.325 e. The second-order valence-electron chi connectivity index (χ2n) is 4.85. The fraction of sp³-hybridized carbons (Fsp3) is 0.500. The smallest absolute Gasteiger partial charge is 0.325 e. The number of halogens is 1. The third-order valence-electron chi connectivity index (χ3n) is 3.49. The van der Waals surface area contributed by atoms with Crippen LogP contribution in [0.25, 0.3) is 0 Å². The first kappa shape index (κ1) is 13.6. The maximum absolute atomic E-state index is 11.5. The Morgan fingerprint density at radius 3 is 2.56 bits per heavy atom. The summed E-state index contributed by atoms with van der Waals surface area (Å²) in [5.41, 5.74) is 1.96. The number of carboxylic acid groups (broad SMARTS) is 1. The highest BCUT2D eigenvalue weighted by atomic mass is 79.9. The number of hydrogen-bond donors (Lipinski definition) is 1. The van der Waals surface area contributed by atoms with Gasteiger partial charge in [0.25, 0.3) is 0 Å². The van der Waals surface area contributed by atoms with Gasteiger partial charge in [-0.05, 0) is 50.0 Å². The highest BCUT2D eigenvalue weighted by Gasteiger charge is 2.28. The molecule has 1 unspecified atom stereocenters. The lowest BCUT2D eigenvalue weighted by Crippen LogP contribution is -2.37. The molecule has 1 aromatic carbocycles. The molecule has 0 amide bonds. The molecule has 98 valence electrons. The lowest BCUT2D eigenvalue weighted by atomic mass is 10.0. The summed E-state index contributed by atoms with van der Waals surface area (Å²) in [6.45, 7) is 3.75. The number of piperidine rings is 1. The summed E-state index contributed by atoms with van der Waals surface area (Å²) in [6, 6.07) is 5.31. The van der Waals surface area contributed by atoms with Crippen molar-refractivity contribution in [1.82, 2.24) is 4.90 Å². The van der Waals surface area contributed by atoms with Crippen molar-refractivity contribution in [3.8, 4) is 0 Å². The topological polar surface area (TPSA) is 40.5 Å². The minimum atomic E-state index is -0.751. The number of hydrogen-bond acceptors (Lipinski definition) is 2. The number of aliphatic carboxylic acids is 1. The summed E-state index contributed by atoms with van der Waals surface area (Å²) in [5, 5.41) is 9.49. The Hall–Kier alpha value is -0.870. The van der Waals surface area contributed by atoms with Gasteiger partial charge in [-0.1, -0.05) is 34.5 Å². The van der Waals surface area contributed by atoms with Gasteiger partial charge in [-0.15, -0.1) is 0 Å². The molecule has 1 atom stereocenters. The van der Waals surface area contributed by atoms with Crippen LogP contribution in [0, 0.1) is 6.92 Å². The van der Waals surface area contributed by atoms with Gasteiger partial charge >= 0.3 is 5.97 Å². The minimum absolute atomic E-state index is 0.503. The first-order chi connectivity index (χ1) is 8.59. The molecule has 1 aromatic rings. The molecule has 0 saturated carbocycles. The molecule has 1 aliphatic heterocycles. The van der Waals surface area contributed by atoms with E-state index in [9.17, 15) is 9.90 Å². The molecule has 4 heteroatoms. The number of likely N-dealkylation sites (tertiary alicyclic amines) is 1. The van der Waals surface area contributed by atoms with Crippen LogP contribution in [0.4, 0.5) is 0 Å². The number of carbonyl (C=O) groups is 1. The lowest BCUT2D eigenvalue weighted by Gasteiger charge is -2.32. The van der Waals surface area contributed by atoms with Crippen LogP contribution in [0.1, 0.15) is 36.4 Å². The summed E-state index contributed by atoms with van der Waals surface area (Å²) < 4.78 is 1.02. The summed E-state index contributed by atoms with van der Waals surface area (Å²) in [4.78, 5) is 13.6. The van der Waals surface area contributed by atoms with E-state index in [-0.39, 0.29) is 0 Å². The second kappa shape index (κ2) is 5.85. The molecular weight excluding hydrogens is 294 g/mol. The molecule has 1 N–H and O–H groups in total. The van der Waals surface area contributed by atoms with Crippen LogP contribution >= 0.6 is 15.9 Å². The Kier molecular flexibility index (Phi) is 4.40. The van der Waals surface area contributed by atoms with E-state index in [0.29, 0.717) is 0 Å². The van der Waals surface area contributed by atoms with Gasteiger partial charge in [0.2, 0.25) is 0 Å². The number of nitrogens with zero attached hydrogens (tertiary/aromatic N) is 1. The van der Waals surface area contributed by atoms with Crippen molar-refractivity contribution >= 4 is 21.9 Å². The third-order valence-corrected chi connectivity index (χ3v) is 4.38. The zero-order chi connectivity index (χ0) is 13.1. The zero-order valence-electron chi connectivity index (χ0n) is 10.5. The van der Waals surface area contributed by atoms with E-state index in [0.717, 1.165) is 41.5 Å². The minimum Gasteiger partial charge on any atom is -0.480 e.